The van der Waals surface area contributed by atoms with Crippen LogP contribution in [0.15, 0.2) is 48.5 Å². The highest BCUT2D eigenvalue weighted by molar-refractivity contribution is 5.98. The van der Waals surface area contributed by atoms with E-state index in [-0.39, 0.29) is 12.5 Å². The maximum atomic E-state index is 12.8. The number of amides is 1. The fraction of sp³-hybridized carbons (Fsp3) is 0.273. The molecular weight excluding hydrogens is 455 g/mol. The van der Waals surface area contributed by atoms with Gasteiger partial charge in [0.2, 0.25) is 0 Å². The lowest BCUT2D eigenvalue weighted by atomic mass is 10.2. The third-order valence-electron chi connectivity index (χ3n) is 4.88. The van der Waals surface area contributed by atoms with Gasteiger partial charge in [0.15, 0.2) is 5.65 Å². The van der Waals surface area contributed by atoms with E-state index in [0.29, 0.717) is 25.2 Å². The number of aliphatic hydroxyl groups excluding tert-OH is 1. The van der Waals surface area contributed by atoms with Gasteiger partial charge in [-0.15, -0.1) is 10.2 Å². The van der Waals surface area contributed by atoms with Crippen molar-refractivity contribution in [2.24, 2.45) is 0 Å². The first kappa shape index (κ1) is 24.7. The second-order valence-corrected chi connectivity index (χ2v) is 7.28. The Kier molecular flexibility index (Phi) is 7.51. The molecule has 0 saturated carbocycles. The molecule has 0 saturated heterocycles. The molecule has 3 heterocycles. The summed E-state index contributed by atoms with van der Waals surface area (Å²) in [6, 6.07) is 15.8. The van der Waals surface area contributed by atoms with E-state index in [1.54, 1.807) is 0 Å². The number of hydrogen-bond acceptors (Lipinski definition) is 5. The van der Waals surface area contributed by atoms with E-state index in [9.17, 15) is 18.0 Å². The lowest BCUT2D eigenvalue weighted by molar-refractivity contribution is -0.192. The molecule has 180 valence electrons. The molecule has 9 nitrogen and oxygen atoms in total. The van der Waals surface area contributed by atoms with Gasteiger partial charge in [0.25, 0.3) is 5.91 Å². The molecule has 0 spiro atoms. The smallest absolute Gasteiger partial charge is 0.475 e. The number of hydrogen-bond donors (Lipinski definition) is 3. The summed E-state index contributed by atoms with van der Waals surface area (Å²) in [5, 5.41) is 27.3. The van der Waals surface area contributed by atoms with Gasteiger partial charge in [-0.2, -0.15) is 13.2 Å². The Labute approximate surface area is 191 Å². The van der Waals surface area contributed by atoms with E-state index in [4.69, 9.17) is 15.0 Å². The summed E-state index contributed by atoms with van der Waals surface area (Å²) in [6.07, 6.45) is -4.56. The minimum atomic E-state index is -5.08. The van der Waals surface area contributed by atoms with Gasteiger partial charge < -0.3 is 20.1 Å². The molecule has 0 bridgehead atoms. The lowest BCUT2D eigenvalue weighted by Crippen LogP contribution is -2.27. The average molecular weight is 477 g/mol. The van der Waals surface area contributed by atoms with Crippen LogP contribution in [0.3, 0.4) is 0 Å². The highest BCUT2D eigenvalue weighted by atomic mass is 19.4. The Hall–Kier alpha value is -3.93. The normalized spacial score (nSPS) is 11.3. The Morgan fingerprint density at radius 3 is 2.35 bits per heavy atom. The largest absolute Gasteiger partial charge is 0.490 e. The molecule has 0 unspecified atom stereocenters. The number of halogens is 3. The number of carboxylic acid groups (broad SMARTS) is 1. The molecule has 3 aromatic heterocycles. The highest BCUT2D eigenvalue weighted by Gasteiger charge is 2.38. The number of carboxylic acids is 1. The van der Waals surface area contributed by atoms with Crippen molar-refractivity contribution in [1.82, 2.24) is 24.5 Å². The van der Waals surface area contributed by atoms with E-state index in [2.05, 4.69) is 15.5 Å². The number of nitrogens with one attached hydrogen (secondary N) is 1. The third-order valence-corrected chi connectivity index (χ3v) is 4.88. The van der Waals surface area contributed by atoms with Gasteiger partial charge in [0.1, 0.15) is 11.5 Å². The zero-order chi connectivity index (χ0) is 24.9. The summed E-state index contributed by atoms with van der Waals surface area (Å²) in [6.45, 7) is 2.96. The van der Waals surface area contributed by atoms with Crippen molar-refractivity contribution in [3.05, 3.63) is 65.6 Å². The summed E-state index contributed by atoms with van der Waals surface area (Å²) in [4.78, 5) is 21.7. The molecule has 3 N–H and O–H groups in total. The molecule has 0 radical (unpaired) electrons. The van der Waals surface area contributed by atoms with Crippen LogP contribution >= 0.6 is 0 Å². The maximum absolute atomic E-state index is 12.8. The molecule has 0 aliphatic rings. The molecule has 1 amide bonds. The second-order valence-electron chi connectivity index (χ2n) is 7.28. The van der Waals surface area contributed by atoms with Crippen LogP contribution in [0, 0.1) is 6.92 Å². The molecule has 0 atom stereocenters. The van der Waals surface area contributed by atoms with Crippen LogP contribution in [0.25, 0.3) is 16.7 Å². The Balaban J connectivity index is 0.000000406. The van der Waals surface area contributed by atoms with Crippen LogP contribution in [-0.2, 0) is 11.3 Å². The van der Waals surface area contributed by atoms with Gasteiger partial charge in [-0.25, -0.2) is 4.79 Å². The van der Waals surface area contributed by atoms with Crippen molar-refractivity contribution in [2.45, 2.75) is 26.1 Å². The van der Waals surface area contributed by atoms with Crippen LogP contribution in [-0.4, -0.2) is 60.6 Å². The molecular formula is C22H22F3N5O4. The number of carbonyl (C=O) groups excluding carboxylic acids is 1. The molecule has 1 aromatic carbocycles. The van der Waals surface area contributed by atoms with Crippen LogP contribution in [0.4, 0.5) is 13.2 Å². The number of aliphatic hydroxyl groups is 1. The monoisotopic (exact) mass is 477 g/mol. The lowest BCUT2D eigenvalue weighted by Gasteiger charge is -2.11. The topological polar surface area (TPSA) is 122 Å². The minimum absolute atomic E-state index is 0.0494. The van der Waals surface area contributed by atoms with Gasteiger partial charge in [-0.05, 0) is 37.1 Å². The van der Waals surface area contributed by atoms with Crippen LogP contribution < -0.4 is 5.32 Å². The van der Waals surface area contributed by atoms with Gasteiger partial charge in [-0.1, -0.05) is 30.3 Å². The van der Waals surface area contributed by atoms with Crippen molar-refractivity contribution in [3.8, 4) is 0 Å². The molecule has 0 fully saturated rings. The molecule has 4 aromatic rings. The zero-order valence-electron chi connectivity index (χ0n) is 18.1. The average Bonchev–Trinajstić information content (AvgIpc) is 3.35. The molecule has 34 heavy (non-hydrogen) atoms. The highest BCUT2D eigenvalue weighted by Crippen LogP contribution is 2.24. The maximum Gasteiger partial charge on any atom is 0.490 e. The summed E-state index contributed by atoms with van der Waals surface area (Å²) in [5.74, 6) is -2.14. The van der Waals surface area contributed by atoms with Crippen molar-refractivity contribution in [3.63, 3.8) is 0 Å². The van der Waals surface area contributed by atoms with Crippen molar-refractivity contribution in [2.75, 3.05) is 13.2 Å². The number of fused-ring (bicyclic) bond motifs is 3. The van der Waals surface area contributed by atoms with E-state index in [0.717, 1.165) is 28.1 Å². The van der Waals surface area contributed by atoms with Crippen molar-refractivity contribution >= 4 is 28.6 Å². The number of aryl methyl sites for hydroxylation is 1. The van der Waals surface area contributed by atoms with Gasteiger partial charge in [0, 0.05) is 19.7 Å². The summed E-state index contributed by atoms with van der Waals surface area (Å²) >= 11 is 0. The molecule has 12 heteroatoms. The molecule has 0 aliphatic heterocycles. The zero-order valence-corrected chi connectivity index (χ0v) is 18.1. The fourth-order valence-corrected chi connectivity index (χ4v) is 3.34. The second kappa shape index (κ2) is 10.3. The van der Waals surface area contributed by atoms with Gasteiger partial charge >= 0.3 is 12.1 Å². The standard InChI is InChI=1S/C20H21N5O2.C2HF3O2/c1-14-22-23-19-9-8-16-17(25(14)19)12-18(20(27)21-10-5-11-26)24(16)13-15-6-3-2-4-7-15;3-2(4,5)1(6)7/h2-4,6-9,12,26H,5,10-11,13H2,1H3,(H,21,27);(H,6,7). The SMILES string of the molecule is Cc1nnc2ccc3c(cc(C(=O)NCCCO)n3Cc3ccccc3)n12.O=C(O)C(F)(F)F. The van der Waals surface area contributed by atoms with Gasteiger partial charge in [0.05, 0.1) is 11.0 Å². The number of rotatable bonds is 6. The summed E-state index contributed by atoms with van der Waals surface area (Å²) in [5.41, 5.74) is 4.29. The van der Waals surface area contributed by atoms with Gasteiger partial charge in [-0.3, -0.25) is 9.20 Å². The van der Waals surface area contributed by atoms with Crippen LogP contribution in [0.1, 0.15) is 28.3 Å². The molecule has 0 aliphatic carbocycles. The van der Waals surface area contributed by atoms with Crippen LogP contribution in [0.2, 0.25) is 0 Å². The predicted octanol–water partition coefficient (Wildman–Crippen LogP) is 2.79. The first-order valence-electron chi connectivity index (χ1n) is 10.2. The Bertz CT molecular complexity index is 1300. The number of pyridine rings is 1. The number of aromatic nitrogens is 4. The third kappa shape index (κ3) is 5.52. The van der Waals surface area contributed by atoms with Crippen molar-refractivity contribution in [1.29, 1.82) is 0 Å². The number of carbonyl (C=O) groups is 2. The summed E-state index contributed by atoms with van der Waals surface area (Å²) < 4.78 is 35.7. The number of benzene rings is 1. The first-order valence-corrected chi connectivity index (χ1v) is 10.2. The van der Waals surface area contributed by atoms with E-state index >= 15 is 0 Å². The number of aliphatic carboxylic acids is 1. The van der Waals surface area contributed by atoms with Crippen molar-refractivity contribution < 1.29 is 33.0 Å². The number of nitrogens with zero attached hydrogens (tertiary/aromatic N) is 4. The number of alkyl halides is 3. The minimum Gasteiger partial charge on any atom is -0.475 e. The quantitative estimate of drug-likeness (QED) is 0.367. The van der Waals surface area contributed by atoms with E-state index in [1.165, 1.54) is 0 Å². The Morgan fingerprint density at radius 2 is 1.74 bits per heavy atom. The molecule has 4 rings (SSSR count). The first-order chi connectivity index (χ1) is 16.1. The summed E-state index contributed by atoms with van der Waals surface area (Å²) in [7, 11) is 0. The Morgan fingerprint density at radius 1 is 1.06 bits per heavy atom. The van der Waals surface area contributed by atoms with Crippen LogP contribution in [0.5, 0.6) is 0 Å². The predicted molar refractivity (Wildman–Crippen MR) is 116 cm³/mol. The fourth-order valence-electron chi connectivity index (χ4n) is 3.34. The van der Waals surface area contributed by atoms with E-state index in [1.807, 2.05) is 64.4 Å². The van der Waals surface area contributed by atoms with E-state index < -0.39 is 12.1 Å².